The normalized spacial score (nSPS) is 18.6. The van der Waals surface area contributed by atoms with E-state index < -0.39 is 11.5 Å². The molecule has 1 aliphatic heterocycles. The molecule has 0 unspecified atom stereocenters. The topological polar surface area (TPSA) is 66.7 Å². The number of hydrogen-bond acceptors (Lipinski definition) is 5. The Kier molecular flexibility index (Phi) is 4.84. The van der Waals surface area contributed by atoms with Crippen LogP contribution in [0.15, 0.2) is 10.6 Å². The van der Waals surface area contributed by atoms with E-state index in [1.165, 1.54) is 0 Å². The van der Waals surface area contributed by atoms with Crippen molar-refractivity contribution in [2.75, 3.05) is 18.7 Å². The van der Waals surface area contributed by atoms with E-state index in [9.17, 15) is 9.59 Å². The summed E-state index contributed by atoms with van der Waals surface area (Å²) in [6.07, 6.45) is 0. The van der Waals surface area contributed by atoms with Gasteiger partial charge in [0.15, 0.2) is 0 Å². The second-order valence-corrected chi connectivity index (χ2v) is 7.66. The van der Waals surface area contributed by atoms with Crippen molar-refractivity contribution in [3.63, 3.8) is 0 Å². The van der Waals surface area contributed by atoms with E-state index in [0.29, 0.717) is 23.9 Å². The maximum atomic E-state index is 12.7. The average molecular weight is 325 g/mol. The van der Waals surface area contributed by atoms with Crippen LogP contribution in [0.25, 0.3) is 0 Å². The Balaban J connectivity index is 2.05. The van der Waals surface area contributed by atoms with E-state index in [0.717, 1.165) is 5.76 Å². The molecule has 0 bridgehead atoms. The van der Waals surface area contributed by atoms with E-state index >= 15 is 0 Å². The van der Waals surface area contributed by atoms with Gasteiger partial charge >= 0.3 is 0 Å². The minimum Gasteiger partial charge on any atom is -0.361 e. The lowest BCUT2D eigenvalue weighted by atomic mass is 9.94. The van der Waals surface area contributed by atoms with E-state index in [1.807, 2.05) is 33.8 Å². The Bertz CT molecular complexity index is 565. The molecule has 1 aromatic heterocycles. The Hall–Kier alpha value is -1.50. The SMILES string of the molecule is Cc1cc(CN(C)C(=O)[C@@H]2CSCN2C(=O)C(C)(C)C)no1. The van der Waals surface area contributed by atoms with Gasteiger partial charge in [0.1, 0.15) is 17.5 Å². The number of thioether (sulfide) groups is 1. The number of nitrogens with zero attached hydrogens (tertiary/aromatic N) is 3. The molecule has 1 fully saturated rings. The molecule has 2 rings (SSSR count). The van der Waals surface area contributed by atoms with Gasteiger partial charge in [-0.15, -0.1) is 11.8 Å². The van der Waals surface area contributed by atoms with E-state index in [4.69, 9.17) is 4.52 Å². The summed E-state index contributed by atoms with van der Waals surface area (Å²) in [5.41, 5.74) is 0.235. The number of aromatic nitrogens is 1. The van der Waals surface area contributed by atoms with Crippen LogP contribution in [0.3, 0.4) is 0 Å². The van der Waals surface area contributed by atoms with Crippen LogP contribution in [-0.2, 0) is 16.1 Å². The van der Waals surface area contributed by atoms with Crippen LogP contribution in [-0.4, -0.2) is 51.5 Å². The quantitative estimate of drug-likeness (QED) is 0.849. The van der Waals surface area contributed by atoms with Crippen molar-refractivity contribution in [3.05, 3.63) is 17.5 Å². The van der Waals surface area contributed by atoms with Gasteiger partial charge < -0.3 is 14.3 Å². The van der Waals surface area contributed by atoms with Crippen LogP contribution >= 0.6 is 11.8 Å². The highest BCUT2D eigenvalue weighted by molar-refractivity contribution is 7.99. The predicted octanol–water partition coefficient (Wildman–Crippen LogP) is 1.89. The van der Waals surface area contributed by atoms with E-state index in [2.05, 4.69) is 5.16 Å². The summed E-state index contributed by atoms with van der Waals surface area (Å²) in [4.78, 5) is 28.4. The number of aryl methyl sites for hydroxylation is 1. The minimum absolute atomic E-state index is 0.0153. The third-order valence-corrected chi connectivity index (χ3v) is 4.53. The maximum Gasteiger partial charge on any atom is 0.246 e. The maximum absolute atomic E-state index is 12.7. The number of hydrogen-bond donors (Lipinski definition) is 0. The molecule has 0 N–H and O–H groups in total. The summed E-state index contributed by atoms with van der Waals surface area (Å²) < 4.78 is 5.02. The summed E-state index contributed by atoms with van der Waals surface area (Å²) in [7, 11) is 1.73. The number of amides is 2. The zero-order valence-corrected chi connectivity index (χ0v) is 14.6. The molecule has 1 saturated heterocycles. The van der Waals surface area contributed by atoms with Crippen LogP contribution in [0.2, 0.25) is 0 Å². The predicted molar refractivity (Wildman–Crippen MR) is 85.1 cm³/mol. The molecule has 1 aliphatic rings. The zero-order valence-electron chi connectivity index (χ0n) is 13.8. The molecule has 0 spiro atoms. The molecule has 22 heavy (non-hydrogen) atoms. The Morgan fingerprint density at radius 2 is 2.18 bits per heavy atom. The molecular weight excluding hydrogens is 302 g/mol. The molecule has 1 atom stereocenters. The number of carbonyl (C=O) groups excluding carboxylic acids is 2. The molecule has 122 valence electrons. The first kappa shape index (κ1) is 16.9. The molecular formula is C15H23N3O3S. The lowest BCUT2D eigenvalue weighted by Gasteiger charge is -2.31. The van der Waals surface area contributed by atoms with E-state index in [1.54, 1.807) is 28.6 Å². The fourth-order valence-corrected chi connectivity index (χ4v) is 3.49. The van der Waals surface area contributed by atoms with Gasteiger partial charge in [0.25, 0.3) is 0 Å². The largest absolute Gasteiger partial charge is 0.361 e. The fourth-order valence-electron chi connectivity index (χ4n) is 2.35. The summed E-state index contributed by atoms with van der Waals surface area (Å²) in [5.74, 6) is 1.90. The Morgan fingerprint density at radius 3 is 2.73 bits per heavy atom. The van der Waals surface area contributed by atoms with Crippen LogP contribution in [0.1, 0.15) is 32.2 Å². The summed E-state index contributed by atoms with van der Waals surface area (Å²) in [6.45, 7) is 7.83. The lowest BCUT2D eigenvalue weighted by molar-refractivity contribution is -0.147. The van der Waals surface area contributed by atoms with Crippen molar-refractivity contribution in [2.24, 2.45) is 5.41 Å². The van der Waals surface area contributed by atoms with Gasteiger partial charge in [-0.2, -0.15) is 0 Å². The lowest BCUT2D eigenvalue weighted by Crippen LogP contribution is -2.50. The van der Waals surface area contributed by atoms with Crippen LogP contribution < -0.4 is 0 Å². The summed E-state index contributed by atoms with van der Waals surface area (Å²) >= 11 is 1.61. The van der Waals surface area contributed by atoms with Gasteiger partial charge in [-0.05, 0) is 6.92 Å². The molecule has 7 heteroatoms. The van der Waals surface area contributed by atoms with Crippen LogP contribution in [0.4, 0.5) is 0 Å². The highest BCUT2D eigenvalue weighted by atomic mass is 32.2. The zero-order chi connectivity index (χ0) is 16.5. The molecule has 0 aromatic carbocycles. The monoisotopic (exact) mass is 325 g/mol. The number of carbonyl (C=O) groups is 2. The highest BCUT2D eigenvalue weighted by Gasteiger charge is 2.40. The molecule has 2 amide bonds. The van der Waals surface area contributed by atoms with Crippen molar-refractivity contribution < 1.29 is 14.1 Å². The summed E-state index contributed by atoms with van der Waals surface area (Å²) in [5, 5.41) is 3.90. The standard InChI is InChI=1S/C15H23N3O3S/c1-10-6-11(16-21-10)7-17(5)13(19)12-8-22-9-18(12)14(20)15(2,3)4/h6,12H,7-9H2,1-5H3/t12-/m0/s1. The highest BCUT2D eigenvalue weighted by Crippen LogP contribution is 2.28. The van der Waals surface area contributed by atoms with Gasteiger partial charge in [-0.1, -0.05) is 25.9 Å². The van der Waals surface area contributed by atoms with Crippen molar-refractivity contribution in [3.8, 4) is 0 Å². The molecule has 0 radical (unpaired) electrons. The molecule has 0 aliphatic carbocycles. The van der Waals surface area contributed by atoms with Crippen LogP contribution in [0.5, 0.6) is 0 Å². The average Bonchev–Trinajstić information content (AvgIpc) is 3.04. The van der Waals surface area contributed by atoms with Crippen molar-refractivity contribution >= 4 is 23.6 Å². The molecule has 6 nitrogen and oxygen atoms in total. The van der Waals surface area contributed by atoms with Crippen molar-refractivity contribution in [1.29, 1.82) is 0 Å². The number of rotatable bonds is 3. The number of likely N-dealkylation sites (N-methyl/N-ethyl adjacent to an activating group) is 1. The first-order valence-corrected chi connectivity index (χ1v) is 8.41. The molecule has 0 saturated carbocycles. The van der Waals surface area contributed by atoms with Gasteiger partial charge in [0.05, 0.1) is 12.4 Å². The molecule has 2 heterocycles. The van der Waals surface area contributed by atoms with Gasteiger partial charge in [-0.25, -0.2) is 0 Å². The third kappa shape index (κ3) is 3.63. The smallest absolute Gasteiger partial charge is 0.246 e. The third-order valence-electron chi connectivity index (χ3n) is 3.52. The Morgan fingerprint density at radius 1 is 1.50 bits per heavy atom. The van der Waals surface area contributed by atoms with E-state index in [-0.39, 0.29) is 11.8 Å². The first-order chi connectivity index (χ1) is 10.2. The summed E-state index contributed by atoms with van der Waals surface area (Å²) in [6, 6.07) is 1.42. The van der Waals surface area contributed by atoms with Gasteiger partial charge in [-0.3, -0.25) is 9.59 Å². The van der Waals surface area contributed by atoms with Gasteiger partial charge in [0, 0.05) is 24.3 Å². The fraction of sp³-hybridized carbons (Fsp3) is 0.667. The van der Waals surface area contributed by atoms with Crippen molar-refractivity contribution in [1.82, 2.24) is 15.0 Å². The second kappa shape index (κ2) is 6.32. The second-order valence-electron chi connectivity index (χ2n) is 6.66. The molecule has 1 aromatic rings. The van der Waals surface area contributed by atoms with Crippen molar-refractivity contribution in [2.45, 2.75) is 40.3 Å². The van der Waals surface area contributed by atoms with Gasteiger partial charge in [0.2, 0.25) is 11.8 Å². The minimum atomic E-state index is -0.481. The first-order valence-electron chi connectivity index (χ1n) is 7.26. The Labute approximate surface area is 135 Å². The van der Waals surface area contributed by atoms with Crippen LogP contribution in [0, 0.1) is 12.3 Å².